The third-order valence-electron chi connectivity index (χ3n) is 6.15. The summed E-state index contributed by atoms with van der Waals surface area (Å²) in [4.78, 5) is 30.7. The van der Waals surface area contributed by atoms with E-state index in [-0.39, 0.29) is 28.6 Å². The standard InChI is InChI=1S/C28H22N4O4/c1-16-11-12-20(14-17(16)2)32-26-22(9-5-13-29-26)24(27(32)34)31-30-23-10-4-8-21(25(23)33)18-6-3-7-19(15-18)28(35)36/h3-15,30,33H,1-2H3,(H,35,36)/b31-24-. The number of phenols is 1. The maximum atomic E-state index is 13.5. The molecule has 0 spiro atoms. The molecule has 1 amide bonds. The van der Waals surface area contributed by atoms with Crippen LogP contribution in [0.4, 0.5) is 17.2 Å². The number of hydrogen-bond donors (Lipinski definition) is 3. The summed E-state index contributed by atoms with van der Waals surface area (Å²) in [5.74, 6) is -1.04. The molecule has 3 aromatic carbocycles. The van der Waals surface area contributed by atoms with E-state index in [4.69, 9.17) is 0 Å². The summed E-state index contributed by atoms with van der Waals surface area (Å²) < 4.78 is 0. The highest BCUT2D eigenvalue weighted by molar-refractivity contribution is 6.55. The van der Waals surface area contributed by atoms with Gasteiger partial charge in [-0.3, -0.25) is 15.1 Å². The molecule has 8 heteroatoms. The zero-order chi connectivity index (χ0) is 25.4. The molecule has 36 heavy (non-hydrogen) atoms. The number of fused-ring (bicyclic) bond motifs is 1. The van der Waals surface area contributed by atoms with Gasteiger partial charge in [0, 0.05) is 11.8 Å². The van der Waals surface area contributed by atoms with Crippen LogP contribution in [0.1, 0.15) is 27.0 Å². The van der Waals surface area contributed by atoms with E-state index >= 15 is 0 Å². The van der Waals surface area contributed by atoms with Crippen molar-refractivity contribution in [2.75, 3.05) is 10.3 Å². The van der Waals surface area contributed by atoms with Crippen LogP contribution in [-0.2, 0) is 4.79 Å². The van der Waals surface area contributed by atoms with Gasteiger partial charge in [0.2, 0.25) is 0 Å². The Morgan fingerprint density at radius 1 is 0.944 bits per heavy atom. The SMILES string of the molecule is Cc1ccc(N2C(=O)/C(=N\Nc3cccc(-c4cccc(C(=O)O)c4)c3O)c3cccnc32)cc1C. The number of nitrogens with one attached hydrogen (secondary N) is 1. The maximum absolute atomic E-state index is 13.5. The molecule has 4 aromatic rings. The van der Waals surface area contributed by atoms with Gasteiger partial charge in [-0.25, -0.2) is 9.78 Å². The Labute approximate surface area is 207 Å². The molecule has 0 atom stereocenters. The van der Waals surface area contributed by atoms with Crippen LogP contribution in [0.25, 0.3) is 11.1 Å². The van der Waals surface area contributed by atoms with Gasteiger partial charge in [-0.2, -0.15) is 5.10 Å². The Morgan fingerprint density at radius 3 is 2.50 bits per heavy atom. The van der Waals surface area contributed by atoms with Crippen molar-refractivity contribution in [3.63, 3.8) is 0 Å². The summed E-state index contributed by atoms with van der Waals surface area (Å²) in [7, 11) is 0. The molecule has 0 fully saturated rings. The Morgan fingerprint density at radius 2 is 1.72 bits per heavy atom. The fourth-order valence-corrected chi connectivity index (χ4v) is 4.09. The van der Waals surface area contributed by atoms with Gasteiger partial charge in [0.05, 0.1) is 22.5 Å². The highest BCUT2D eigenvalue weighted by atomic mass is 16.4. The highest BCUT2D eigenvalue weighted by Gasteiger charge is 2.36. The van der Waals surface area contributed by atoms with Crippen molar-refractivity contribution in [1.82, 2.24) is 4.98 Å². The van der Waals surface area contributed by atoms with E-state index in [0.717, 1.165) is 11.1 Å². The number of hydrazone groups is 1. The number of rotatable bonds is 5. The van der Waals surface area contributed by atoms with E-state index in [1.807, 2.05) is 32.0 Å². The second-order valence-electron chi connectivity index (χ2n) is 8.44. The number of amides is 1. The van der Waals surface area contributed by atoms with E-state index < -0.39 is 5.97 Å². The number of para-hydroxylation sites is 1. The molecular formula is C28H22N4O4. The third kappa shape index (κ3) is 3.94. The van der Waals surface area contributed by atoms with Gasteiger partial charge in [-0.15, -0.1) is 0 Å². The summed E-state index contributed by atoms with van der Waals surface area (Å²) >= 11 is 0. The second kappa shape index (κ2) is 8.99. The molecule has 0 radical (unpaired) electrons. The van der Waals surface area contributed by atoms with Crippen molar-refractivity contribution in [3.05, 3.63) is 101 Å². The largest absolute Gasteiger partial charge is 0.505 e. The van der Waals surface area contributed by atoms with Gasteiger partial charge in [0.25, 0.3) is 5.91 Å². The number of aryl methyl sites for hydroxylation is 2. The summed E-state index contributed by atoms with van der Waals surface area (Å²) in [6.07, 6.45) is 1.62. The number of aromatic nitrogens is 1. The monoisotopic (exact) mass is 478 g/mol. The lowest BCUT2D eigenvalue weighted by Crippen LogP contribution is -2.26. The predicted octanol–water partition coefficient (Wildman–Crippen LogP) is 5.26. The van der Waals surface area contributed by atoms with Gasteiger partial charge in [0.1, 0.15) is 11.6 Å². The number of carbonyl (C=O) groups is 2. The number of carboxylic acids is 1. The van der Waals surface area contributed by atoms with Crippen molar-refractivity contribution in [2.45, 2.75) is 13.8 Å². The smallest absolute Gasteiger partial charge is 0.335 e. The van der Waals surface area contributed by atoms with E-state index in [0.29, 0.717) is 28.2 Å². The number of phenolic OH excluding ortho intramolecular Hbond substituents is 1. The molecule has 1 aliphatic rings. The van der Waals surface area contributed by atoms with Gasteiger partial charge in [0.15, 0.2) is 5.71 Å². The summed E-state index contributed by atoms with van der Waals surface area (Å²) in [5, 5.41) is 24.6. The van der Waals surface area contributed by atoms with Crippen molar-refractivity contribution in [2.24, 2.45) is 5.10 Å². The highest BCUT2D eigenvalue weighted by Crippen LogP contribution is 2.37. The Hall–Kier alpha value is -4.98. The normalized spacial score (nSPS) is 13.7. The summed E-state index contributed by atoms with van der Waals surface area (Å²) in [6, 6.07) is 20.6. The van der Waals surface area contributed by atoms with Crippen molar-refractivity contribution < 1.29 is 19.8 Å². The minimum absolute atomic E-state index is 0.109. The summed E-state index contributed by atoms with van der Waals surface area (Å²) in [5.41, 5.74) is 7.75. The number of aromatic hydroxyl groups is 1. The van der Waals surface area contributed by atoms with Crippen LogP contribution in [0.15, 0.2) is 84.1 Å². The first-order chi connectivity index (χ1) is 17.3. The van der Waals surface area contributed by atoms with E-state index in [2.05, 4.69) is 15.5 Å². The van der Waals surface area contributed by atoms with Gasteiger partial charge in [-0.05, 0) is 73.0 Å². The maximum Gasteiger partial charge on any atom is 0.335 e. The van der Waals surface area contributed by atoms with Crippen molar-refractivity contribution in [1.29, 1.82) is 0 Å². The molecule has 0 bridgehead atoms. The van der Waals surface area contributed by atoms with Crippen LogP contribution >= 0.6 is 0 Å². The van der Waals surface area contributed by atoms with Crippen LogP contribution < -0.4 is 10.3 Å². The van der Waals surface area contributed by atoms with Crippen molar-refractivity contribution >= 4 is 34.8 Å². The molecule has 0 aliphatic carbocycles. The van der Waals surface area contributed by atoms with Crippen LogP contribution in [0, 0.1) is 13.8 Å². The molecule has 0 unspecified atom stereocenters. The molecular weight excluding hydrogens is 456 g/mol. The average Bonchev–Trinajstić information content (AvgIpc) is 3.16. The van der Waals surface area contributed by atoms with Crippen molar-refractivity contribution in [3.8, 4) is 16.9 Å². The first kappa shape index (κ1) is 22.8. The topological polar surface area (TPSA) is 115 Å². The molecule has 8 nitrogen and oxygen atoms in total. The quantitative estimate of drug-likeness (QED) is 0.266. The predicted molar refractivity (Wildman–Crippen MR) is 138 cm³/mol. The fraction of sp³-hybridized carbons (Fsp3) is 0.0714. The number of carbonyl (C=O) groups excluding carboxylic acids is 1. The van der Waals surface area contributed by atoms with Crippen LogP contribution in [0.2, 0.25) is 0 Å². The lowest BCUT2D eigenvalue weighted by molar-refractivity contribution is -0.111. The first-order valence-electron chi connectivity index (χ1n) is 11.2. The van der Waals surface area contributed by atoms with E-state index in [1.54, 1.807) is 48.7 Å². The zero-order valence-corrected chi connectivity index (χ0v) is 19.6. The Bertz CT molecular complexity index is 1560. The van der Waals surface area contributed by atoms with E-state index in [9.17, 15) is 19.8 Å². The van der Waals surface area contributed by atoms with Gasteiger partial charge < -0.3 is 10.2 Å². The van der Waals surface area contributed by atoms with Crippen LogP contribution in [0.3, 0.4) is 0 Å². The third-order valence-corrected chi connectivity index (χ3v) is 6.15. The molecule has 1 aromatic heterocycles. The zero-order valence-electron chi connectivity index (χ0n) is 19.6. The average molecular weight is 479 g/mol. The molecule has 2 heterocycles. The molecule has 3 N–H and O–H groups in total. The minimum atomic E-state index is -1.06. The number of carboxylic acid groups (broad SMARTS) is 1. The van der Waals surface area contributed by atoms with Crippen LogP contribution in [0.5, 0.6) is 5.75 Å². The molecule has 5 rings (SSSR count). The first-order valence-corrected chi connectivity index (χ1v) is 11.2. The second-order valence-corrected chi connectivity index (χ2v) is 8.44. The Kier molecular flexibility index (Phi) is 5.69. The van der Waals surface area contributed by atoms with Crippen LogP contribution in [-0.4, -0.2) is 32.8 Å². The fourth-order valence-electron chi connectivity index (χ4n) is 4.09. The van der Waals surface area contributed by atoms with E-state index in [1.165, 1.54) is 17.0 Å². The number of nitrogens with zero attached hydrogens (tertiary/aromatic N) is 3. The Balaban J connectivity index is 1.51. The minimum Gasteiger partial charge on any atom is -0.505 e. The molecule has 0 saturated heterocycles. The van der Waals surface area contributed by atoms with Gasteiger partial charge in [-0.1, -0.05) is 30.3 Å². The number of anilines is 3. The molecule has 178 valence electrons. The lowest BCUT2D eigenvalue weighted by Gasteiger charge is -2.17. The number of aromatic carboxylic acids is 1. The number of pyridine rings is 1. The molecule has 0 saturated carbocycles. The number of benzene rings is 3. The number of hydrogen-bond acceptors (Lipinski definition) is 6. The van der Waals surface area contributed by atoms with Gasteiger partial charge >= 0.3 is 5.97 Å². The summed E-state index contributed by atoms with van der Waals surface area (Å²) in [6.45, 7) is 3.99. The molecule has 1 aliphatic heterocycles. The lowest BCUT2D eigenvalue weighted by atomic mass is 10.0.